The van der Waals surface area contributed by atoms with Crippen molar-refractivity contribution in [1.29, 1.82) is 0 Å². The lowest BCUT2D eigenvalue weighted by atomic mass is 9.79. The van der Waals surface area contributed by atoms with Gasteiger partial charge in [-0.05, 0) is 37.0 Å². The number of rotatable bonds is 2. The summed E-state index contributed by atoms with van der Waals surface area (Å²) in [5, 5.41) is 10.6. The van der Waals surface area contributed by atoms with Crippen LogP contribution in [0.25, 0.3) is 0 Å². The molecule has 0 saturated heterocycles. The smallest absolute Gasteiger partial charge is 0.122 e. The Balaban J connectivity index is 2.32. The first-order chi connectivity index (χ1) is 7.65. The Morgan fingerprint density at radius 3 is 2.50 bits per heavy atom. The highest BCUT2D eigenvalue weighted by Crippen LogP contribution is 2.38. The van der Waals surface area contributed by atoms with E-state index in [2.05, 4.69) is 0 Å². The summed E-state index contributed by atoms with van der Waals surface area (Å²) < 4.78 is 5.31. The molecule has 1 aromatic carbocycles. The van der Waals surface area contributed by atoms with Crippen LogP contribution in [-0.4, -0.2) is 12.2 Å². The molecule has 0 atom stereocenters. The number of hydrogen-bond donors (Lipinski definition) is 1. The van der Waals surface area contributed by atoms with Crippen LogP contribution in [0.4, 0.5) is 0 Å². The molecule has 16 heavy (non-hydrogen) atoms. The molecule has 2 nitrogen and oxygen atoms in total. The standard InChI is InChI=1S/C14H20O2/c1-11-6-7-12(10-13(11)16-2)14(15)8-4-3-5-9-14/h6-7,10,15H,3-5,8-9H2,1-2H3. The number of aliphatic hydroxyl groups is 1. The molecule has 0 heterocycles. The summed E-state index contributed by atoms with van der Waals surface area (Å²) in [4.78, 5) is 0. The van der Waals surface area contributed by atoms with Gasteiger partial charge in [-0.2, -0.15) is 0 Å². The molecule has 1 aliphatic rings. The zero-order valence-corrected chi connectivity index (χ0v) is 10.1. The Morgan fingerprint density at radius 2 is 1.88 bits per heavy atom. The molecule has 0 spiro atoms. The summed E-state index contributed by atoms with van der Waals surface area (Å²) in [6.45, 7) is 2.02. The first kappa shape index (κ1) is 11.5. The van der Waals surface area contributed by atoms with E-state index < -0.39 is 5.60 Å². The van der Waals surface area contributed by atoms with Crippen molar-refractivity contribution in [3.63, 3.8) is 0 Å². The van der Waals surface area contributed by atoms with Crippen LogP contribution in [0.5, 0.6) is 5.75 Å². The highest BCUT2D eigenvalue weighted by molar-refractivity contribution is 5.39. The monoisotopic (exact) mass is 220 g/mol. The van der Waals surface area contributed by atoms with Gasteiger partial charge in [-0.15, -0.1) is 0 Å². The molecule has 0 aromatic heterocycles. The number of benzene rings is 1. The van der Waals surface area contributed by atoms with Crippen molar-refractivity contribution in [2.75, 3.05) is 7.11 Å². The number of ether oxygens (including phenoxy) is 1. The van der Waals surface area contributed by atoms with Crippen LogP contribution in [0.3, 0.4) is 0 Å². The minimum atomic E-state index is -0.626. The van der Waals surface area contributed by atoms with Gasteiger partial charge in [0.15, 0.2) is 0 Å². The number of methoxy groups -OCH3 is 1. The molecular formula is C14H20O2. The average Bonchev–Trinajstić information content (AvgIpc) is 2.30. The minimum Gasteiger partial charge on any atom is -0.496 e. The zero-order chi connectivity index (χ0) is 11.6. The van der Waals surface area contributed by atoms with Gasteiger partial charge in [0.05, 0.1) is 12.7 Å². The number of aryl methyl sites for hydroxylation is 1. The Kier molecular flexibility index (Phi) is 3.20. The van der Waals surface area contributed by atoms with Gasteiger partial charge >= 0.3 is 0 Å². The fourth-order valence-corrected chi connectivity index (χ4v) is 2.53. The summed E-state index contributed by atoms with van der Waals surface area (Å²) in [7, 11) is 1.68. The van der Waals surface area contributed by atoms with Crippen molar-refractivity contribution in [3.05, 3.63) is 29.3 Å². The van der Waals surface area contributed by atoms with Crippen LogP contribution < -0.4 is 4.74 Å². The van der Waals surface area contributed by atoms with E-state index >= 15 is 0 Å². The zero-order valence-electron chi connectivity index (χ0n) is 10.1. The van der Waals surface area contributed by atoms with E-state index in [9.17, 15) is 5.11 Å². The normalized spacial score (nSPS) is 19.4. The van der Waals surface area contributed by atoms with E-state index in [0.29, 0.717) is 0 Å². The van der Waals surface area contributed by atoms with Crippen LogP contribution in [0.15, 0.2) is 18.2 Å². The van der Waals surface area contributed by atoms with E-state index in [1.807, 2.05) is 25.1 Å². The van der Waals surface area contributed by atoms with Crippen molar-refractivity contribution in [2.45, 2.75) is 44.6 Å². The maximum Gasteiger partial charge on any atom is 0.122 e. The van der Waals surface area contributed by atoms with Gasteiger partial charge in [0.2, 0.25) is 0 Å². The molecule has 2 heteroatoms. The van der Waals surface area contributed by atoms with Gasteiger partial charge in [0.1, 0.15) is 5.75 Å². The lowest BCUT2D eigenvalue weighted by molar-refractivity contribution is -0.000799. The molecule has 88 valence electrons. The van der Waals surface area contributed by atoms with Crippen LogP contribution in [0.1, 0.15) is 43.2 Å². The lowest BCUT2D eigenvalue weighted by Crippen LogP contribution is -2.28. The van der Waals surface area contributed by atoms with E-state index in [4.69, 9.17) is 4.74 Å². The fraction of sp³-hybridized carbons (Fsp3) is 0.571. The van der Waals surface area contributed by atoms with E-state index in [1.165, 1.54) is 6.42 Å². The van der Waals surface area contributed by atoms with Crippen LogP contribution in [0.2, 0.25) is 0 Å². The maximum absolute atomic E-state index is 10.6. The Hall–Kier alpha value is -1.02. The summed E-state index contributed by atoms with van der Waals surface area (Å²) in [5.74, 6) is 0.872. The SMILES string of the molecule is COc1cc(C2(O)CCCCC2)ccc1C. The fourth-order valence-electron chi connectivity index (χ4n) is 2.53. The largest absolute Gasteiger partial charge is 0.496 e. The third-order valence-corrected chi connectivity index (χ3v) is 3.63. The second-order valence-corrected chi connectivity index (χ2v) is 4.78. The third kappa shape index (κ3) is 2.07. The molecule has 1 N–H and O–H groups in total. The van der Waals surface area contributed by atoms with Gasteiger partial charge in [-0.3, -0.25) is 0 Å². The summed E-state index contributed by atoms with van der Waals surface area (Å²) in [5.41, 5.74) is 1.50. The molecule has 0 aliphatic heterocycles. The van der Waals surface area contributed by atoms with Gasteiger partial charge in [0.25, 0.3) is 0 Å². The lowest BCUT2D eigenvalue weighted by Gasteiger charge is -2.32. The summed E-state index contributed by atoms with van der Waals surface area (Å²) in [6, 6.07) is 6.05. The van der Waals surface area contributed by atoms with E-state index in [1.54, 1.807) is 7.11 Å². The maximum atomic E-state index is 10.6. The highest BCUT2D eigenvalue weighted by atomic mass is 16.5. The van der Waals surface area contributed by atoms with Gasteiger partial charge in [0, 0.05) is 0 Å². The predicted octanol–water partition coefficient (Wildman–Crippen LogP) is 3.16. The van der Waals surface area contributed by atoms with Crippen molar-refractivity contribution < 1.29 is 9.84 Å². The molecule has 1 saturated carbocycles. The summed E-state index contributed by atoms with van der Waals surface area (Å²) >= 11 is 0. The van der Waals surface area contributed by atoms with Crippen LogP contribution in [0, 0.1) is 6.92 Å². The van der Waals surface area contributed by atoms with Crippen LogP contribution >= 0.6 is 0 Å². The molecule has 1 aliphatic carbocycles. The minimum absolute atomic E-state index is 0.626. The molecule has 1 aromatic rings. The van der Waals surface area contributed by atoms with Crippen LogP contribution in [-0.2, 0) is 5.60 Å². The Bertz CT molecular complexity index is 365. The molecule has 0 amide bonds. The molecule has 0 unspecified atom stereocenters. The highest BCUT2D eigenvalue weighted by Gasteiger charge is 2.31. The predicted molar refractivity (Wildman–Crippen MR) is 64.7 cm³/mol. The van der Waals surface area contributed by atoms with E-state index in [0.717, 1.165) is 42.6 Å². The molecule has 1 fully saturated rings. The molecule has 0 radical (unpaired) electrons. The number of hydrogen-bond acceptors (Lipinski definition) is 2. The quantitative estimate of drug-likeness (QED) is 0.829. The van der Waals surface area contributed by atoms with E-state index in [-0.39, 0.29) is 0 Å². The second kappa shape index (κ2) is 4.46. The molecular weight excluding hydrogens is 200 g/mol. The van der Waals surface area contributed by atoms with Crippen molar-refractivity contribution >= 4 is 0 Å². The second-order valence-electron chi connectivity index (χ2n) is 4.78. The van der Waals surface area contributed by atoms with Gasteiger partial charge in [-0.1, -0.05) is 31.4 Å². The Labute approximate surface area is 97.3 Å². The molecule has 2 rings (SSSR count). The first-order valence-corrected chi connectivity index (χ1v) is 6.03. The average molecular weight is 220 g/mol. The van der Waals surface area contributed by atoms with Crippen molar-refractivity contribution in [1.82, 2.24) is 0 Å². The topological polar surface area (TPSA) is 29.5 Å². The molecule has 0 bridgehead atoms. The van der Waals surface area contributed by atoms with Crippen molar-refractivity contribution in [2.24, 2.45) is 0 Å². The van der Waals surface area contributed by atoms with Gasteiger partial charge in [-0.25, -0.2) is 0 Å². The summed E-state index contributed by atoms with van der Waals surface area (Å²) in [6.07, 6.45) is 5.23. The van der Waals surface area contributed by atoms with Crippen molar-refractivity contribution in [3.8, 4) is 5.75 Å². The Morgan fingerprint density at radius 1 is 1.19 bits per heavy atom. The third-order valence-electron chi connectivity index (χ3n) is 3.63. The van der Waals surface area contributed by atoms with Gasteiger partial charge < -0.3 is 9.84 Å². The first-order valence-electron chi connectivity index (χ1n) is 6.03.